The van der Waals surface area contributed by atoms with E-state index in [2.05, 4.69) is 5.32 Å². The number of hydrogen-bond acceptors (Lipinski definition) is 3. The molecule has 1 rings (SSSR count). The molecule has 1 unspecified atom stereocenters. The predicted molar refractivity (Wildman–Crippen MR) is 65.5 cm³/mol. The zero-order chi connectivity index (χ0) is 13.0. The van der Waals surface area contributed by atoms with Crippen LogP contribution in [-0.4, -0.2) is 22.8 Å². The number of benzene rings is 1. The Bertz CT molecular complexity index is 448. The molecule has 1 amide bonds. The number of carbonyl (C=O) groups excluding carboxylic acids is 1. The van der Waals surface area contributed by atoms with E-state index in [4.69, 9.17) is 11.6 Å². The first-order valence-corrected chi connectivity index (χ1v) is 5.61. The van der Waals surface area contributed by atoms with E-state index in [1.165, 1.54) is 12.1 Å². The Morgan fingerprint density at radius 2 is 2.24 bits per heavy atom. The van der Waals surface area contributed by atoms with Crippen molar-refractivity contribution in [2.24, 2.45) is 0 Å². The van der Waals surface area contributed by atoms with E-state index in [1.807, 2.05) is 0 Å². The minimum Gasteiger partial charge on any atom is -0.348 e. The van der Waals surface area contributed by atoms with Crippen molar-refractivity contribution in [3.63, 3.8) is 0 Å². The van der Waals surface area contributed by atoms with Gasteiger partial charge < -0.3 is 5.32 Å². The number of carbonyl (C=O) groups is 1. The van der Waals surface area contributed by atoms with Crippen molar-refractivity contribution in [2.75, 3.05) is 5.88 Å². The van der Waals surface area contributed by atoms with Gasteiger partial charge in [0.05, 0.1) is 4.92 Å². The summed E-state index contributed by atoms with van der Waals surface area (Å²) in [5.41, 5.74) is 0.601. The van der Waals surface area contributed by atoms with E-state index in [1.54, 1.807) is 19.9 Å². The second-order valence-corrected chi connectivity index (χ2v) is 4.04. The number of nitrogens with zero attached hydrogens (tertiary/aromatic N) is 1. The molecule has 0 bridgehead atoms. The van der Waals surface area contributed by atoms with Crippen LogP contribution in [0.2, 0.25) is 0 Å². The number of amides is 1. The number of nitro benzene ring substituents is 1. The van der Waals surface area contributed by atoms with Crippen molar-refractivity contribution in [3.05, 3.63) is 39.4 Å². The summed E-state index contributed by atoms with van der Waals surface area (Å²) in [6.45, 7) is 3.32. The summed E-state index contributed by atoms with van der Waals surface area (Å²) in [6, 6.07) is 4.24. The molecule has 5 nitrogen and oxygen atoms in total. The SMILES string of the molecule is Cc1c(C(=O)NC(C)CCl)cccc1[N+](=O)[O-]. The minimum absolute atomic E-state index is 0.0591. The standard InChI is InChI=1S/C11H13ClN2O3/c1-7(6-12)13-11(15)9-4-3-5-10(8(9)2)14(16)17/h3-5,7H,6H2,1-2H3,(H,13,15). The second-order valence-electron chi connectivity index (χ2n) is 3.74. The molecule has 1 atom stereocenters. The largest absolute Gasteiger partial charge is 0.348 e. The van der Waals surface area contributed by atoms with Crippen molar-refractivity contribution < 1.29 is 9.72 Å². The Hall–Kier alpha value is -1.62. The summed E-state index contributed by atoms with van der Waals surface area (Å²) in [7, 11) is 0. The fourth-order valence-corrected chi connectivity index (χ4v) is 1.48. The lowest BCUT2D eigenvalue weighted by Gasteiger charge is -2.11. The molecule has 0 saturated heterocycles. The zero-order valence-corrected chi connectivity index (χ0v) is 10.3. The minimum atomic E-state index is -0.503. The van der Waals surface area contributed by atoms with Crippen molar-refractivity contribution in [1.82, 2.24) is 5.32 Å². The summed E-state index contributed by atoms with van der Waals surface area (Å²) in [6.07, 6.45) is 0. The van der Waals surface area contributed by atoms with Gasteiger partial charge in [0.15, 0.2) is 0 Å². The van der Waals surface area contributed by atoms with E-state index in [9.17, 15) is 14.9 Å². The highest BCUT2D eigenvalue weighted by Gasteiger charge is 2.18. The van der Waals surface area contributed by atoms with Gasteiger partial charge >= 0.3 is 0 Å². The summed E-state index contributed by atoms with van der Waals surface area (Å²) in [5, 5.41) is 13.4. The Morgan fingerprint density at radius 1 is 1.59 bits per heavy atom. The number of halogens is 1. The van der Waals surface area contributed by atoms with E-state index in [0.717, 1.165) is 0 Å². The summed E-state index contributed by atoms with van der Waals surface area (Å²) in [4.78, 5) is 22.0. The fraction of sp³-hybridized carbons (Fsp3) is 0.364. The van der Waals surface area contributed by atoms with Gasteiger partial charge in [-0.2, -0.15) is 0 Å². The Kier molecular flexibility index (Phi) is 4.45. The molecule has 17 heavy (non-hydrogen) atoms. The lowest BCUT2D eigenvalue weighted by molar-refractivity contribution is -0.385. The van der Waals surface area contributed by atoms with Crippen LogP contribution >= 0.6 is 11.6 Å². The molecule has 1 N–H and O–H groups in total. The molecule has 0 heterocycles. The molecule has 0 aliphatic carbocycles. The third-order valence-electron chi connectivity index (χ3n) is 2.36. The molecule has 0 aliphatic heterocycles. The van der Waals surface area contributed by atoms with Crippen LogP contribution in [0.15, 0.2) is 18.2 Å². The highest BCUT2D eigenvalue weighted by Crippen LogP contribution is 2.20. The molecule has 1 aromatic carbocycles. The van der Waals surface area contributed by atoms with Gasteiger partial charge in [-0.1, -0.05) is 6.07 Å². The van der Waals surface area contributed by atoms with Crippen LogP contribution in [-0.2, 0) is 0 Å². The van der Waals surface area contributed by atoms with Crippen LogP contribution in [0.5, 0.6) is 0 Å². The average Bonchev–Trinajstić information content (AvgIpc) is 2.28. The second kappa shape index (κ2) is 5.63. The molecule has 92 valence electrons. The van der Waals surface area contributed by atoms with Crippen LogP contribution in [0, 0.1) is 17.0 Å². The summed E-state index contributed by atoms with van der Waals surface area (Å²) in [5.74, 6) is -0.0564. The highest BCUT2D eigenvalue weighted by molar-refractivity contribution is 6.18. The van der Waals surface area contributed by atoms with Gasteiger partial charge in [-0.3, -0.25) is 14.9 Å². The molecule has 0 spiro atoms. The van der Waals surface area contributed by atoms with Gasteiger partial charge in [0.25, 0.3) is 11.6 Å². The topological polar surface area (TPSA) is 72.2 Å². The van der Waals surface area contributed by atoms with Crippen LogP contribution in [0.3, 0.4) is 0 Å². The van der Waals surface area contributed by atoms with Crippen molar-refractivity contribution in [3.8, 4) is 0 Å². The highest BCUT2D eigenvalue weighted by atomic mass is 35.5. The number of hydrogen-bond donors (Lipinski definition) is 1. The van der Waals surface area contributed by atoms with Gasteiger partial charge in [-0.25, -0.2) is 0 Å². The van der Waals surface area contributed by atoms with Crippen LogP contribution < -0.4 is 5.32 Å². The molecular formula is C11H13ClN2O3. The number of nitro groups is 1. The third-order valence-corrected chi connectivity index (χ3v) is 2.82. The first-order chi connectivity index (χ1) is 7.97. The van der Waals surface area contributed by atoms with Gasteiger partial charge in [-0.05, 0) is 19.9 Å². The van der Waals surface area contributed by atoms with E-state index < -0.39 is 4.92 Å². The maximum atomic E-state index is 11.8. The third kappa shape index (κ3) is 3.17. The smallest absolute Gasteiger partial charge is 0.273 e. The Balaban J connectivity index is 3.02. The van der Waals surface area contributed by atoms with Crippen LogP contribution in [0.1, 0.15) is 22.8 Å². The first kappa shape index (κ1) is 13.4. The monoisotopic (exact) mass is 256 g/mol. The van der Waals surface area contributed by atoms with Crippen molar-refractivity contribution in [1.29, 1.82) is 0 Å². The molecule has 0 aromatic heterocycles. The van der Waals surface area contributed by atoms with Crippen LogP contribution in [0.4, 0.5) is 5.69 Å². The molecule has 0 fully saturated rings. The first-order valence-electron chi connectivity index (χ1n) is 5.08. The van der Waals surface area contributed by atoms with Gasteiger partial charge in [-0.15, -0.1) is 11.6 Å². The zero-order valence-electron chi connectivity index (χ0n) is 9.57. The fourth-order valence-electron chi connectivity index (χ4n) is 1.41. The maximum Gasteiger partial charge on any atom is 0.273 e. The van der Waals surface area contributed by atoms with E-state index >= 15 is 0 Å². The lowest BCUT2D eigenvalue weighted by Crippen LogP contribution is -2.34. The molecule has 1 aromatic rings. The Labute approximate surface area is 104 Å². The molecule has 0 radical (unpaired) electrons. The van der Waals surface area contributed by atoms with E-state index in [0.29, 0.717) is 17.0 Å². The number of rotatable bonds is 4. The summed E-state index contributed by atoms with van der Waals surface area (Å²) >= 11 is 5.58. The number of nitrogens with one attached hydrogen (secondary N) is 1. The van der Waals surface area contributed by atoms with Crippen molar-refractivity contribution >= 4 is 23.2 Å². The van der Waals surface area contributed by atoms with Crippen LogP contribution in [0.25, 0.3) is 0 Å². The summed E-state index contributed by atoms with van der Waals surface area (Å²) < 4.78 is 0. The normalized spacial score (nSPS) is 11.9. The molecular weight excluding hydrogens is 244 g/mol. The predicted octanol–water partition coefficient (Wildman–Crippen LogP) is 2.26. The maximum absolute atomic E-state index is 11.8. The lowest BCUT2D eigenvalue weighted by atomic mass is 10.1. The number of alkyl halides is 1. The quantitative estimate of drug-likeness (QED) is 0.510. The molecule has 0 aliphatic rings. The van der Waals surface area contributed by atoms with E-state index in [-0.39, 0.29) is 17.6 Å². The molecule has 6 heteroatoms. The van der Waals surface area contributed by atoms with Crippen molar-refractivity contribution in [2.45, 2.75) is 19.9 Å². The van der Waals surface area contributed by atoms with Gasteiger partial charge in [0, 0.05) is 29.1 Å². The molecule has 0 saturated carbocycles. The van der Waals surface area contributed by atoms with Gasteiger partial charge in [0.1, 0.15) is 0 Å². The Morgan fingerprint density at radius 3 is 2.76 bits per heavy atom. The average molecular weight is 257 g/mol. The van der Waals surface area contributed by atoms with Gasteiger partial charge in [0.2, 0.25) is 0 Å².